The zero-order valence-corrected chi connectivity index (χ0v) is 22.4. The van der Waals surface area contributed by atoms with E-state index in [0.29, 0.717) is 16.3 Å². The second-order valence-electron chi connectivity index (χ2n) is 8.19. The van der Waals surface area contributed by atoms with Gasteiger partial charge in [-0.1, -0.05) is 18.2 Å². The van der Waals surface area contributed by atoms with Crippen LogP contribution in [-0.4, -0.2) is 47.7 Å². The summed E-state index contributed by atoms with van der Waals surface area (Å²) in [5, 5.41) is 3.14. The third kappa shape index (κ3) is 5.42. The van der Waals surface area contributed by atoms with E-state index < -0.39 is 28.4 Å². The van der Waals surface area contributed by atoms with Crippen molar-refractivity contribution in [2.75, 3.05) is 37.0 Å². The van der Waals surface area contributed by atoms with Gasteiger partial charge < -0.3 is 19.5 Å². The van der Waals surface area contributed by atoms with Crippen molar-refractivity contribution in [2.24, 2.45) is 0 Å². The first-order valence-electron chi connectivity index (χ1n) is 11.7. The highest BCUT2D eigenvalue weighted by Crippen LogP contribution is 2.40. The molecule has 1 amide bonds. The molecule has 0 fully saturated rings. The van der Waals surface area contributed by atoms with E-state index in [2.05, 4.69) is 5.32 Å². The number of nitrogens with one attached hydrogen (secondary N) is 1. The average molecular weight is 545 g/mol. The maximum Gasteiger partial charge on any atom is 0.341 e. The van der Waals surface area contributed by atoms with Gasteiger partial charge in [0.05, 0.1) is 37.0 Å². The lowest BCUT2D eigenvalue weighted by atomic mass is 10.1. The number of rotatable bonds is 10. The molecular weight excluding hydrogens is 516 g/mol. The first kappa shape index (κ1) is 26.5. The molecule has 1 aromatic heterocycles. The number of anilines is 2. The van der Waals surface area contributed by atoms with Gasteiger partial charge in [0.15, 0.2) is 0 Å². The van der Waals surface area contributed by atoms with E-state index in [1.54, 1.807) is 37.3 Å². The summed E-state index contributed by atoms with van der Waals surface area (Å²) < 4.78 is 44.3. The molecule has 37 heavy (non-hydrogen) atoms. The van der Waals surface area contributed by atoms with Gasteiger partial charge in [0.2, 0.25) is 5.91 Å². The van der Waals surface area contributed by atoms with Gasteiger partial charge in [0, 0.05) is 10.9 Å². The molecule has 0 saturated carbocycles. The monoisotopic (exact) mass is 544 g/mol. The van der Waals surface area contributed by atoms with Crippen LogP contribution in [0.15, 0.2) is 53.4 Å². The number of ether oxygens (including phenoxy) is 3. The fourth-order valence-corrected chi connectivity index (χ4v) is 6.96. The Morgan fingerprint density at radius 3 is 2.49 bits per heavy atom. The lowest BCUT2D eigenvalue weighted by Gasteiger charge is -2.26. The Hall–Kier alpha value is -3.57. The summed E-state index contributed by atoms with van der Waals surface area (Å²) in [6, 6.07) is 12.5. The molecule has 3 aromatic rings. The topological polar surface area (TPSA) is 111 Å². The normalized spacial score (nSPS) is 12.5. The lowest BCUT2D eigenvalue weighted by molar-refractivity contribution is -0.114. The van der Waals surface area contributed by atoms with Gasteiger partial charge in [-0.2, -0.15) is 0 Å². The quantitative estimate of drug-likeness (QED) is 0.380. The number of methoxy groups -OCH3 is 2. The second-order valence-corrected chi connectivity index (χ2v) is 11.2. The van der Waals surface area contributed by atoms with Gasteiger partial charge in [-0.05, 0) is 56.0 Å². The molecule has 0 spiro atoms. The second kappa shape index (κ2) is 11.2. The van der Waals surface area contributed by atoms with Crippen LogP contribution in [0.3, 0.4) is 0 Å². The van der Waals surface area contributed by atoms with Crippen molar-refractivity contribution >= 4 is 43.9 Å². The van der Waals surface area contributed by atoms with Crippen molar-refractivity contribution < 1.29 is 32.2 Å². The molecule has 2 aromatic carbocycles. The number of aryl methyl sites for hydroxylation is 1. The molecule has 0 aliphatic heterocycles. The van der Waals surface area contributed by atoms with E-state index >= 15 is 0 Å². The van der Waals surface area contributed by atoms with E-state index in [0.717, 1.165) is 34.0 Å². The molecule has 11 heteroatoms. The maximum atomic E-state index is 13.7. The Kier molecular flexibility index (Phi) is 8.03. The number of carbonyl (C=O) groups is 2. The SMILES string of the molecule is CCOC(=O)c1c(NC(=O)CN(c2ccc(OC)cc2OC)S(=O)(=O)c2ccccc2)sc2c1CCC2. The molecule has 4 rings (SSSR count). The molecule has 0 bridgehead atoms. The van der Waals surface area contributed by atoms with E-state index in [9.17, 15) is 18.0 Å². The van der Waals surface area contributed by atoms with Crippen molar-refractivity contribution in [3.63, 3.8) is 0 Å². The fraction of sp³-hybridized carbons (Fsp3) is 0.308. The number of hydrogen-bond acceptors (Lipinski definition) is 8. The van der Waals surface area contributed by atoms with Crippen LogP contribution in [0.2, 0.25) is 0 Å². The molecule has 1 heterocycles. The van der Waals surface area contributed by atoms with Gasteiger partial charge in [-0.3, -0.25) is 9.10 Å². The molecule has 0 saturated heterocycles. The Morgan fingerprint density at radius 2 is 1.81 bits per heavy atom. The van der Waals surface area contributed by atoms with Crippen molar-refractivity contribution in [1.82, 2.24) is 0 Å². The summed E-state index contributed by atoms with van der Waals surface area (Å²) in [7, 11) is -1.27. The van der Waals surface area contributed by atoms with Crippen LogP contribution in [0, 0.1) is 0 Å². The number of thiophene rings is 1. The Balaban J connectivity index is 1.71. The number of fused-ring (bicyclic) bond motifs is 1. The fourth-order valence-electron chi connectivity index (χ4n) is 4.22. The van der Waals surface area contributed by atoms with Crippen LogP contribution in [-0.2, 0) is 32.4 Å². The standard InChI is InChI=1S/C26H28N2O7S2/c1-4-35-26(30)24-19-11-8-12-22(19)36-25(24)27-23(29)16-28(37(31,32)18-9-6-5-7-10-18)20-14-13-17(33-2)15-21(20)34-3/h5-7,9-10,13-15H,4,8,11-12,16H2,1-3H3,(H,27,29). The third-order valence-electron chi connectivity index (χ3n) is 5.93. The number of hydrogen-bond donors (Lipinski definition) is 1. The minimum Gasteiger partial charge on any atom is -0.497 e. The van der Waals surface area contributed by atoms with Gasteiger partial charge in [0.1, 0.15) is 23.0 Å². The van der Waals surface area contributed by atoms with Crippen LogP contribution in [0.5, 0.6) is 11.5 Å². The van der Waals surface area contributed by atoms with Gasteiger partial charge in [-0.25, -0.2) is 13.2 Å². The van der Waals surface area contributed by atoms with E-state index in [1.165, 1.54) is 43.8 Å². The van der Waals surface area contributed by atoms with Crippen LogP contribution in [0.25, 0.3) is 0 Å². The maximum absolute atomic E-state index is 13.7. The molecule has 1 aliphatic carbocycles. The van der Waals surface area contributed by atoms with E-state index in [4.69, 9.17) is 14.2 Å². The number of esters is 1. The first-order chi connectivity index (χ1) is 17.8. The van der Waals surface area contributed by atoms with Crippen LogP contribution < -0.4 is 19.1 Å². The molecule has 0 atom stereocenters. The molecule has 9 nitrogen and oxygen atoms in total. The van der Waals surface area contributed by atoms with Crippen molar-refractivity contribution in [3.8, 4) is 11.5 Å². The Labute approximate surface area is 220 Å². The van der Waals surface area contributed by atoms with E-state index in [-0.39, 0.29) is 22.9 Å². The van der Waals surface area contributed by atoms with Crippen LogP contribution in [0.4, 0.5) is 10.7 Å². The minimum atomic E-state index is -4.16. The first-order valence-corrected chi connectivity index (χ1v) is 14.0. The minimum absolute atomic E-state index is 0.0167. The largest absolute Gasteiger partial charge is 0.497 e. The smallest absolute Gasteiger partial charge is 0.341 e. The van der Waals surface area contributed by atoms with Crippen LogP contribution in [0.1, 0.15) is 34.1 Å². The molecule has 0 unspecified atom stereocenters. The Morgan fingerprint density at radius 1 is 1.05 bits per heavy atom. The number of sulfonamides is 1. The summed E-state index contributed by atoms with van der Waals surface area (Å²) in [6.45, 7) is 1.37. The number of amides is 1. The van der Waals surface area contributed by atoms with Gasteiger partial charge in [-0.15, -0.1) is 11.3 Å². The predicted molar refractivity (Wildman–Crippen MR) is 141 cm³/mol. The number of carbonyl (C=O) groups excluding carboxylic acids is 2. The predicted octanol–water partition coefficient (Wildman–Crippen LogP) is 4.26. The van der Waals surface area contributed by atoms with Gasteiger partial charge in [0.25, 0.3) is 10.0 Å². The van der Waals surface area contributed by atoms with Gasteiger partial charge >= 0.3 is 5.97 Å². The molecule has 1 aliphatic rings. The molecule has 1 N–H and O–H groups in total. The van der Waals surface area contributed by atoms with E-state index in [1.807, 2.05) is 0 Å². The lowest BCUT2D eigenvalue weighted by Crippen LogP contribution is -2.38. The average Bonchev–Trinajstić information content (AvgIpc) is 3.48. The highest BCUT2D eigenvalue weighted by molar-refractivity contribution is 7.92. The highest BCUT2D eigenvalue weighted by Gasteiger charge is 2.32. The summed E-state index contributed by atoms with van der Waals surface area (Å²) in [5.74, 6) is -0.422. The van der Waals surface area contributed by atoms with Crippen molar-refractivity contribution in [2.45, 2.75) is 31.1 Å². The summed E-state index contributed by atoms with van der Waals surface area (Å²) in [4.78, 5) is 27.1. The zero-order valence-electron chi connectivity index (χ0n) is 20.8. The summed E-state index contributed by atoms with van der Waals surface area (Å²) >= 11 is 1.33. The van der Waals surface area contributed by atoms with Crippen molar-refractivity contribution in [3.05, 3.63) is 64.5 Å². The zero-order chi connectivity index (χ0) is 26.6. The highest BCUT2D eigenvalue weighted by atomic mass is 32.2. The number of nitrogens with zero attached hydrogens (tertiary/aromatic N) is 1. The third-order valence-corrected chi connectivity index (χ3v) is 8.91. The number of benzene rings is 2. The molecule has 196 valence electrons. The summed E-state index contributed by atoms with van der Waals surface area (Å²) in [6.07, 6.45) is 2.48. The summed E-state index contributed by atoms with van der Waals surface area (Å²) in [5.41, 5.74) is 1.41. The Bertz CT molecular complexity index is 1400. The van der Waals surface area contributed by atoms with Crippen LogP contribution >= 0.6 is 11.3 Å². The molecular formula is C26H28N2O7S2. The molecule has 0 radical (unpaired) electrons. The van der Waals surface area contributed by atoms with Crippen molar-refractivity contribution in [1.29, 1.82) is 0 Å².